The maximum atomic E-state index is 13.2. The van der Waals surface area contributed by atoms with Gasteiger partial charge < -0.3 is 29.3 Å². The van der Waals surface area contributed by atoms with Crippen molar-refractivity contribution in [3.63, 3.8) is 0 Å². The molecule has 0 heterocycles. The van der Waals surface area contributed by atoms with Crippen LogP contribution in [0.2, 0.25) is 0 Å². The quantitative estimate of drug-likeness (QED) is 0.0604. The van der Waals surface area contributed by atoms with Crippen molar-refractivity contribution < 1.29 is 63.9 Å². The Kier molecular flexibility index (Phi) is 18.4. The lowest BCUT2D eigenvalue weighted by Gasteiger charge is -2.50. The molecule has 5 unspecified atom stereocenters. The molecular formula is C42H64F9NO5S2. The van der Waals surface area contributed by atoms with E-state index in [1.807, 2.05) is 27.7 Å². The number of benzene rings is 1. The molecule has 59 heavy (non-hydrogen) atoms. The number of rotatable bonds is 24. The van der Waals surface area contributed by atoms with E-state index in [-0.39, 0.29) is 42.0 Å². The smallest absolute Gasteiger partial charge is 0.435 e. The minimum absolute atomic E-state index is 0.0107. The maximum absolute atomic E-state index is 13.2. The van der Waals surface area contributed by atoms with Gasteiger partial charge in [-0.3, -0.25) is 0 Å². The van der Waals surface area contributed by atoms with Crippen LogP contribution in [0.15, 0.2) is 18.2 Å². The molecule has 2 fully saturated rings. The van der Waals surface area contributed by atoms with Crippen LogP contribution in [0, 0.1) is 23.2 Å². The van der Waals surface area contributed by atoms with Crippen LogP contribution < -0.4 is 4.74 Å². The summed E-state index contributed by atoms with van der Waals surface area (Å²) in [6.07, 6.45) is -9.55. The molecular weight excluding hydrogens is 834 g/mol. The van der Waals surface area contributed by atoms with E-state index in [9.17, 15) is 49.7 Å². The van der Waals surface area contributed by atoms with Gasteiger partial charge in [-0.05, 0) is 138 Å². The van der Waals surface area contributed by atoms with Crippen LogP contribution in [0.5, 0.6) is 5.75 Å². The van der Waals surface area contributed by atoms with E-state index >= 15 is 0 Å². The van der Waals surface area contributed by atoms with Gasteiger partial charge in [0.2, 0.25) is 0 Å². The lowest BCUT2D eigenvalue weighted by atomic mass is 9.55. The van der Waals surface area contributed by atoms with Crippen LogP contribution in [-0.2, 0) is 15.9 Å². The van der Waals surface area contributed by atoms with Gasteiger partial charge in [-0.15, -0.1) is 0 Å². The number of likely N-dealkylation sites (N-methyl/N-ethyl adjacent to an activating group) is 1. The van der Waals surface area contributed by atoms with Gasteiger partial charge in [-0.2, -0.15) is 39.5 Å². The second-order valence-corrected chi connectivity index (χ2v) is 20.8. The Morgan fingerprint density at radius 1 is 0.831 bits per heavy atom. The molecule has 2 N–H and O–H groups in total. The van der Waals surface area contributed by atoms with Crippen molar-refractivity contribution in [2.75, 3.05) is 58.9 Å². The van der Waals surface area contributed by atoms with Crippen LogP contribution in [0.25, 0.3) is 0 Å². The van der Waals surface area contributed by atoms with Crippen molar-refractivity contribution in [2.24, 2.45) is 23.2 Å². The fourth-order valence-electron chi connectivity index (χ4n) is 9.43. The van der Waals surface area contributed by atoms with Gasteiger partial charge in [-0.1, -0.05) is 53.8 Å². The SMILES string of the molecule is CN(CCOc1ccc2c(c1)CCC1C2CCC2(C)C(OCCCOC(C(F)(F)F)(C(F)(F)F)C(F)(F)F)CCC12)CCC(C)(C)SSCCCCCCC(CO)CO. The lowest BCUT2D eigenvalue weighted by molar-refractivity contribution is -0.457. The molecule has 0 amide bonds. The highest BCUT2D eigenvalue weighted by atomic mass is 33.1. The number of unbranched alkanes of at least 4 members (excludes halogenated alkanes) is 3. The number of aryl methyl sites for hydroxylation is 1. The predicted molar refractivity (Wildman–Crippen MR) is 215 cm³/mol. The molecule has 0 bridgehead atoms. The monoisotopic (exact) mass is 897 g/mol. The molecule has 2 saturated carbocycles. The summed E-state index contributed by atoms with van der Waals surface area (Å²) in [5.74, 6) is 3.02. The van der Waals surface area contributed by atoms with Crippen LogP contribution in [0.3, 0.4) is 0 Å². The van der Waals surface area contributed by atoms with E-state index < -0.39 is 37.2 Å². The van der Waals surface area contributed by atoms with E-state index in [1.165, 1.54) is 24.0 Å². The van der Waals surface area contributed by atoms with Gasteiger partial charge in [-0.25, -0.2) is 0 Å². The Balaban J connectivity index is 1.17. The number of halogens is 9. The second-order valence-electron chi connectivity index (χ2n) is 17.6. The Morgan fingerprint density at radius 2 is 1.51 bits per heavy atom. The van der Waals surface area contributed by atoms with Gasteiger partial charge in [0.15, 0.2) is 0 Å². The second kappa shape index (κ2) is 21.5. The molecule has 3 aliphatic rings. The summed E-state index contributed by atoms with van der Waals surface area (Å²) in [4.78, 5) is 2.30. The van der Waals surface area contributed by atoms with Crippen molar-refractivity contribution in [1.82, 2.24) is 4.90 Å². The predicted octanol–water partition coefficient (Wildman–Crippen LogP) is 11.2. The van der Waals surface area contributed by atoms with Gasteiger partial charge in [0.25, 0.3) is 0 Å². The summed E-state index contributed by atoms with van der Waals surface area (Å²) in [7, 11) is 5.99. The first kappa shape index (κ1) is 50.5. The lowest BCUT2D eigenvalue weighted by Crippen LogP contribution is -2.67. The number of hydrogen-bond donors (Lipinski definition) is 2. The van der Waals surface area contributed by atoms with Crippen molar-refractivity contribution >= 4 is 21.6 Å². The average molecular weight is 898 g/mol. The van der Waals surface area contributed by atoms with Gasteiger partial charge in [0, 0.05) is 42.8 Å². The molecule has 1 aromatic rings. The number of aliphatic hydroxyl groups excluding tert-OH is 2. The number of nitrogens with zero attached hydrogens (tertiary/aromatic N) is 1. The average Bonchev–Trinajstić information content (AvgIpc) is 3.49. The zero-order chi connectivity index (χ0) is 43.7. The molecule has 0 aromatic heterocycles. The molecule has 0 aliphatic heterocycles. The highest BCUT2D eigenvalue weighted by molar-refractivity contribution is 8.77. The summed E-state index contributed by atoms with van der Waals surface area (Å²) in [6, 6.07) is 6.38. The topological polar surface area (TPSA) is 71.4 Å². The highest BCUT2D eigenvalue weighted by Crippen LogP contribution is 2.62. The van der Waals surface area contributed by atoms with E-state index in [4.69, 9.17) is 9.47 Å². The van der Waals surface area contributed by atoms with E-state index in [0.29, 0.717) is 30.8 Å². The molecule has 0 radical (unpaired) electrons. The summed E-state index contributed by atoms with van der Waals surface area (Å²) in [5, 5.41) is 18.4. The van der Waals surface area contributed by atoms with E-state index in [0.717, 1.165) is 82.4 Å². The fourth-order valence-corrected chi connectivity index (χ4v) is 12.1. The van der Waals surface area contributed by atoms with Crippen LogP contribution >= 0.6 is 21.6 Å². The molecule has 0 spiro atoms. The van der Waals surface area contributed by atoms with Crippen LogP contribution in [-0.4, -0.2) is 109 Å². The molecule has 17 heteroatoms. The van der Waals surface area contributed by atoms with Crippen LogP contribution in [0.4, 0.5) is 39.5 Å². The Morgan fingerprint density at radius 3 is 2.17 bits per heavy atom. The Bertz CT molecular complexity index is 1390. The Hall–Kier alpha value is -1.11. The molecule has 1 aromatic carbocycles. The number of ether oxygens (including phenoxy) is 3. The Labute approximate surface area is 351 Å². The molecule has 4 rings (SSSR count). The molecule has 342 valence electrons. The van der Waals surface area contributed by atoms with Crippen molar-refractivity contribution in [3.05, 3.63) is 29.3 Å². The molecule has 6 nitrogen and oxygen atoms in total. The van der Waals surface area contributed by atoms with E-state index in [2.05, 4.69) is 49.6 Å². The summed E-state index contributed by atoms with van der Waals surface area (Å²) >= 11 is 0. The molecule has 5 atom stereocenters. The van der Waals surface area contributed by atoms with Crippen LogP contribution in [0.1, 0.15) is 115 Å². The third kappa shape index (κ3) is 12.8. The van der Waals surface area contributed by atoms with Crippen molar-refractivity contribution in [1.29, 1.82) is 0 Å². The fraction of sp³-hybridized carbons (Fsp3) is 0.857. The zero-order valence-corrected chi connectivity index (χ0v) is 36.4. The third-order valence-electron chi connectivity index (χ3n) is 13.0. The number of alkyl halides is 9. The van der Waals surface area contributed by atoms with Crippen molar-refractivity contribution in [3.8, 4) is 5.75 Å². The third-order valence-corrected chi connectivity index (χ3v) is 16.4. The summed E-state index contributed by atoms with van der Waals surface area (Å²) in [5.41, 5.74) is -3.91. The van der Waals surface area contributed by atoms with Crippen molar-refractivity contribution in [2.45, 2.75) is 145 Å². The number of hydrogen-bond acceptors (Lipinski definition) is 8. The first-order valence-corrected chi connectivity index (χ1v) is 23.3. The summed E-state index contributed by atoms with van der Waals surface area (Å²) < 4.78 is 135. The largest absolute Gasteiger partial charge is 0.492 e. The van der Waals surface area contributed by atoms with Gasteiger partial charge >= 0.3 is 24.1 Å². The zero-order valence-electron chi connectivity index (χ0n) is 34.8. The first-order valence-electron chi connectivity index (χ1n) is 21.0. The highest BCUT2D eigenvalue weighted by Gasteiger charge is 2.85. The minimum atomic E-state index is -6.74. The number of aliphatic hydroxyl groups is 2. The van der Waals surface area contributed by atoms with Gasteiger partial charge in [0.1, 0.15) is 12.4 Å². The minimum Gasteiger partial charge on any atom is -0.492 e. The first-order chi connectivity index (χ1) is 27.6. The summed E-state index contributed by atoms with van der Waals surface area (Å²) in [6.45, 7) is 7.40. The van der Waals surface area contributed by atoms with E-state index in [1.54, 1.807) is 0 Å². The molecule has 0 saturated heterocycles. The number of fused-ring (bicyclic) bond motifs is 5. The van der Waals surface area contributed by atoms with Gasteiger partial charge in [0.05, 0.1) is 12.7 Å². The standard InChI is InChI=1S/C42H64F9NO5S2/c1-37(2,59-58-25-8-6-5-7-10-29(27-53)28-54)19-20-52(4)21-24-55-31-12-14-32-30(26-31)11-13-34-33(32)17-18-38(3)35(34)15-16-36(38)56-22-9-23-57-39(40(43,44)45,41(46,47)48)42(49,50)51/h12,14,26,29,33-36,53-54H,5-11,13,15-25,27-28H2,1-4H3. The molecule has 3 aliphatic carbocycles. The normalized spacial score (nSPS) is 24.1. The maximum Gasteiger partial charge on any atom is 0.435 e.